The lowest BCUT2D eigenvalue weighted by molar-refractivity contribution is 0.760. The number of nitrogens with zero attached hydrogens (tertiary/aromatic N) is 3. The Hall–Kier alpha value is -1.60. The zero-order valence-electron chi connectivity index (χ0n) is 9.34. The highest BCUT2D eigenvalue weighted by Crippen LogP contribution is 2.19. The highest BCUT2D eigenvalue weighted by atomic mass is 32.1. The van der Waals surface area contributed by atoms with Gasteiger partial charge in [-0.2, -0.15) is 5.26 Å². The van der Waals surface area contributed by atoms with Crippen LogP contribution in [-0.2, 0) is 6.54 Å². The minimum atomic E-state index is 0.471. The van der Waals surface area contributed by atoms with Gasteiger partial charge < -0.3 is 4.57 Å². The molecule has 0 saturated heterocycles. The molecule has 0 aromatic carbocycles. The Bertz CT molecular complexity index is 516. The Morgan fingerprint density at radius 3 is 3.00 bits per heavy atom. The van der Waals surface area contributed by atoms with Crippen LogP contribution < -0.4 is 0 Å². The van der Waals surface area contributed by atoms with Crippen LogP contribution in [-0.4, -0.2) is 9.55 Å². The summed E-state index contributed by atoms with van der Waals surface area (Å²) < 4.78 is 1.92. The van der Waals surface area contributed by atoms with E-state index in [2.05, 4.69) is 30.3 Å². The van der Waals surface area contributed by atoms with E-state index >= 15 is 0 Å². The van der Waals surface area contributed by atoms with E-state index < -0.39 is 0 Å². The van der Waals surface area contributed by atoms with Crippen LogP contribution >= 0.6 is 11.3 Å². The van der Waals surface area contributed by atoms with E-state index in [4.69, 9.17) is 5.26 Å². The quantitative estimate of drug-likeness (QED) is 0.814. The van der Waals surface area contributed by atoms with Crippen LogP contribution in [0.2, 0.25) is 0 Å². The Morgan fingerprint density at radius 2 is 2.38 bits per heavy atom. The molecular formula is C12H13N3S. The van der Waals surface area contributed by atoms with Crippen molar-refractivity contribution in [2.24, 2.45) is 0 Å². The van der Waals surface area contributed by atoms with Crippen molar-refractivity contribution in [3.05, 3.63) is 40.1 Å². The van der Waals surface area contributed by atoms with Crippen LogP contribution in [0, 0.1) is 11.3 Å². The molecule has 4 heteroatoms. The first-order valence-electron chi connectivity index (χ1n) is 5.20. The summed E-state index contributed by atoms with van der Waals surface area (Å²) in [6.45, 7) is 4.96. The molecule has 0 fully saturated rings. The Labute approximate surface area is 99.0 Å². The largest absolute Gasteiger partial charge is 0.333 e. The molecule has 0 amide bonds. The van der Waals surface area contributed by atoms with Gasteiger partial charge in [0.05, 0.1) is 17.2 Å². The van der Waals surface area contributed by atoms with E-state index in [1.165, 1.54) is 0 Å². The molecular weight excluding hydrogens is 218 g/mol. The van der Waals surface area contributed by atoms with Crippen molar-refractivity contribution in [2.45, 2.75) is 26.3 Å². The molecule has 0 spiro atoms. The van der Waals surface area contributed by atoms with Gasteiger partial charge in [0.25, 0.3) is 0 Å². The van der Waals surface area contributed by atoms with Crippen molar-refractivity contribution < 1.29 is 0 Å². The Morgan fingerprint density at radius 1 is 1.56 bits per heavy atom. The van der Waals surface area contributed by atoms with E-state index in [-0.39, 0.29) is 0 Å². The predicted molar refractivity (Wildman–Crippen MR) is 64.5 cm³/mol. The van der Waals surface area contributed by atoms with Crippen LogP contribution in [0.25, 0.3) is 0 Å². The van der Waals surface area contributed by atoms with Gasteiger partial charge in [0.1, 0.15) is 11.8 Å². The van der Waals surface area contributed by atoms with Crippen molar-refractivity contribution in [1.82, 2.24) is 9.55 Å². The van der Waals surface area contributed by atoms with Gasteiger partial charge in [-0.25, -0.2) is 4.98 Å². The topological polar surface area (TPSA) is 41.6 Å². The summed E-state index contributed by atoms with van der Waals surface area (Å²) in [4.78, 5) is 4.55. The number of hydrogen-bond acceptors (Lipinski definition) is 3. The molecule has 16 heavy (non-hydrogen) atoms. The average Bonchev–Trinajstić information content (AvgIpc) is 2.87. The molecule has 82 valence electrons. The fraction of sp³-hybridized carbons (Fsp3) is 0.333. The first kappa shape index (κ1) is 10.9. The minimum absolute atomic E-state index is 0.471. The van der Waals surface area contributed by atoms with Gasteiger partial charge >= 0.3 is 0 Å². The first-order valence-corrected chi connectivity index (χ1v) is 6.08. The molecule has 0 aliphatic carbocycles. The van der Waals surface area contributed by atoms with E-state index in [0.717, 1.165) is 10.7 Å². The predicted octanol–water partition coefficient (Wildman–Crippen LogP) is 2.99. The number of nitriles is 1. The average molecular weight is 231 g/mol. The Balaban J connectivity index is 2.18. The van der Waals surface area contributed by atoms with Crippen LogP contribution in [0.1, 0.15) is 36.2 Å². The molecule has 0 unspecified atom stereocenters. The fourth-order valence-corrected chi connectivity index (χ4v) is 2.31. The zero-order chi connectivity index (χ0) is 11.5. The van der Waals surface area contributed by atoms with Gasteiger partial charge in [0.2, 0.25) is 0 Å². The summed E-state index contributed by atoms with van der Waals surface area (Å²) in [5.41, 5.74) is 1.71. The maximum Gasteiger partial charge on any atom is 0.120 e. The molecule has 0 bridgehead atoms. The van der Waals surface area contributed by atoms with Gasteiger partial charge in [-0.3, -0.25) is 0 Å². The normalized spacial score (nSPS) is 10.6. The zero-order valence-corrected chi connectivity index (χ0v) is 10.2. The molecule has 0 saturated carbocycles. The van der Waals surface area contributed by atoms with Crippen LogP contribution in [0.4, 0.5) is 0 Å². The summed E-state index contributed by atoms with van der Waals surface area (Å²) in [6, 6.07) is 5.86. The minimum Gasteiger partial charge on any atom is -0.333 e. The lowest BCUT2D eigenvalue weighted by atomic mass is 10.2. The maximum absolute atomic E-state index is 8.89. The monoisotopic (exact) mass is 231 g/mol. The molecule has 2 aromatic rings. The third-order valence-electron chi connectivity index (χ3n) is 2.34. The first-order chi connectivity index (χ1) is 7.70. The van der Waals surface area contributed by atoms with Gasteiger partial charge in [0.15, 0.2) is 0 Å². The fourth-order valence-electron chi connectivity index (χ4n) is 1.49. The number of thiazole rings is 1. The van der Waals surface area contributed by atoms with Gasteiger partial charge in [0, 0.05) is 17.5 Å². The van der Waals surface area contributed by atoms with Crippen molar-refractivity contribution >= 4 is 11.3 Å². The second-order valence-electron chi connectivity index (χ2n) is 3.96. The smallest absolute Gasteiger partial charge is 0.120 e. The van der Waals surface area contributed by atoms with Gasteiger partial charge in [-0.1, -0.05) is 13.8 Å². The summed E-state index contributed by atoms with van der Waals surface area (Å²) in [6.07, 6.45) is 1.91. The standard InChI is InChI=1S/C12H13N3S/c1-9(2)12-14-10(8-16-12)7-15-5-3-4-11(15)6-13/h3-5,8-9H,7H2,1-2H3. The molecule has 0 radical (unpaired) electrons. The van der Waals surface area contributed by atoms with Crippen molar-refractivity contribution in [1.29, 1.82) is 5.26 Å². The molecule has 2 aromatic heterocycles. The molecule has 0 atom stereocenters. The van der Waals surface area contributed by atoms with Gasteiger partial charge in [-0.05, 0) is 12.1 Å². The Kier molecular flexibility index (Phi) is 3.07. The van der Waals surface area contributed by atoms with Crippen molar-refractivity contribution in [3.8, 4) is 6.07 Å². The summed E-state index contributed by atoms with van der Waals surface area (Å²) >= 11 is 1.69. The second-order valence-corrected chi connectivity index (χ2v) is 4.85. The van der Waals surface area contributed by atoms with Crippen LogP contribution in [0.5, 0.6) is 0 Å². The highest BCUT2D eigenvalue weighted by molar-refractivity contribution is 7.09. The lowest BCUT2D eigenvalue weighted by Crippen LogP contribution is -2.01. The number of aromatic nitrogens is 2. The molecule has 3 nitrogen and oxygen atoms in total. The van der Waals surface area contributed by atoms with E-state index in [0.29, 0.717) is 18.2 Å². The van der Waals surface area contributed by atoms with Crippen LogP contribution in [0.15, 0.2) is 23.7 Å². The van der Waals surface area contributed by atoms with Crippen LogP contribution in [0.3, 0.4) is 0 Å². The van der Waals surface area contributed by atoms with Crippen molar-refractivity contribution in [2.75, 3.05) is 0 Å². The molecule has 0 N–H and O–H groups in total. The molecule has 2 rings (SSSR count). The van der Waals surface area contributed by atoms with E-state index in [9.17, 15) is 0 Å². The SMILES string of the molecule is CC(C)c1nc(Cn2cccc2C#N)cs1. The third kappa shape index (κ3) is 2.15. The molecule has 0 aliphatic heterocycles. The number of hydrogen-bond donors (Lipinski definition) is 0. The third-order valence-corrected chi connectivity index (χ3v) is 3.53. The van der Waals surface area contributed by atoms with E-state index in [1.807, 2.05) is 22.9 Å². The van der Waals surface area contributed by atoms with Crippen molar-refractivity contribution in [3.63, 3.8) is 0 Å². The summed E-state index contributed by atoms with van der Waals surface area (Å²) in [5, 5.41) is 12.1. The highest BCUT2D eigenvalue weighted by Gasteiger charge is 2.07. The lowest BCUT2D eigenvalue weighted by Gasteiger charge is -2.01. The van der Waals surface area contributed by atoms with E-state index in [1.54, 1.807) is 11.3 Å². The summed E-state index contributed by atoms with van der Waals surface area (Å²) in [7, 11) is 0. The molecule has 2 heterocycles. The number of rotatable bonds is 3. The van der Waals surface area contributed by atoms with Gasteiger partial charge in [-0.15, -0.1) is 11.3 Å². The summed E-state index contributed by atoms with van der Waals surface area (Å²) in [5.74, 6) is 0.471. The second kappa shape index (κ2) is 4.50. The maximum atomic E-state index is 8.89. The molecule has 0 aliphatic rings.